The molecule has 2 rings (SSSR count). The summed E-state index contributed by atoms with van der Waals surface area (Å²) < 4.78 is 36.4. The van der Waals surface area contributed by atoms with Gasteiger partial charge in [-0.15, -0.1) is 0 Å². The van der Waals surface area contributed by atoms with Gasteiger partial charge in [-0.05, 0) is 17.7 Å². The van der Waals surface area contributed by atoms with E-state index in [9.17, 15) is 22.8 Å². The first-order valence-corrected chi connectivity index (χ1v) is 6.12. The summed E-state index contributed by atoms with van der Waals surface area (Å²) >= 11 is 0. The third-order valence-corrected chi connectivity index (χ3v) is 2.96. The summed E-state index contributed by atoms with van der Waals surface area (Å²) in [6.45, 7) is 1.83. The smallest absolute Gasteiger partial charge is 0.318 e. The number of hydrazone groups is 1. The Labute approximate surface area is 118 Å². The van der Waals surface area contributed by atoms with Crippen LogP contribution >= 0.6 is 0 Å². The van der Waals surface area contributed by atoms with Crippen LogP contribution in [0.25, 0.3) is 0 Å². The van der Waals surface area contributed by atoms with Gasteiger partial charge in [0.2, 0.25) is 5.91 Å². The summed E-state index contributed by atoms with van der Waals surface area (Å²) in [5.74, 6) is -2.29. The van der Waals surface area contributed by atoms with E-state index in [-0.39, 0.29) is 17.5 Å². The van der Waals surface area contributed by atoms with E-state index in [4.69, 9.17) is 0 Å². The van der Waals surface area contributed by atoms with Gasteiger partial charge in [0.15, 0.2) is 0 Å². The van der Waals surface area contributed by atoms with Crippen molar-refractivity contribution in [2.75, 3.05) is 5.32 Å². The predicted octanol–water partition coefficient (Wildman–Crippen LogP) is 2.05. The number of alkyl halides is 3. The number of nitrogens with zero attached hydrogens (tertiary/aromatic N) is 1. The van der Waals surface area contributed by atoms with Gasteiger partial charge in [-0.25, -0.2) is 5.43 Å². The number of amides is 2. The monoisotopic (exact) mass is 299 g/mol. The fourth-order valence-corrected chi connectivity index (χ4v) is 1.93. The Morgan fingerprint density at radius 3 is 2.48 bits per heavy atom. The van der Waals surface area contributed by atoms with Gasteiger partial charge in [-0.1, -0.05) is 19.1 Å². The second-order valence-corrected chi connectivity index (χ2v) is 4.67. The molecule has 0 fully saturated rings. The van der Waals surface area contributed by atoms with E-state index in [1.165, 1.54) is 12.1 Å². The summed E-state index contributed by atoms with van der Waals surface area (Å²) in [6, 6.07) is 5.78. The second-order valence-electron chi connectivity index (χ2n) is 4.67. The highest BCUT2D eigenvalue weighted by Crippen LogP contribution is 2.21. The molecule has 0 spiro atoms. The van der Waals surface area contributed by atoms with Crippen LogP contribution in [0.4, 0.5) is 18.9 Å². The highest BCUT2D eigenvalue weighted by molar-refractivity contribution is 6.06. The van der Waals surface area contributed by atoms with E-state index in [1.807, 2.05) is 6.92 Å². The zero-order valence-corrected chi connectivity index (χ0v) is 11.0. The van der Waals surface area contributed by atoms with Crippen molar-refractivity contribution in [3.63, 3.8) is 0 Å². The van der Waals surface area contributed by atoms with E-state index in [1.54, 1.807) is 17.4 Å². The van der Waals surface area contributed by atoms with Crippen LogP contribution in [0.2, 0.25) is 0 Å². The molecule has 112 valence electrons. The molecule has 1 aromatic rings. The van der Waals surface area contributed by atoms with Gasteiger partial charge in [0, 0.05) is 18.0 Å². The first kappa shape index (κ1) is 15.0. The molecular weight excluding hydrogens is 287 g/mol. The van der Waals surface area contributed by atoms with Crippen LogP contribution in [0.5, 0.6) is 0 Å². The fraction of sp³-hybridized carbons (Fsp3) is 0.308. The average molecular weight is 299 g/mol. The first-order chi connectivity index (χ1) is 9.77. The van der Waals surface area contributed by atoms with Crippen LogP contribution in [0.1, 0.15) is 18.9 Å². The van der Waals surface area contributed by atoms with Crippen LogP contribution in [-0.2, 0) is 9.59 Å². The van der Waals surface area contributed by atoms with Crippen molar-refractivity contribution in [3.05, 3.63) is 29.8 Å². The number of rotatable bonds is 2. The van der Waals surface area contributed by atoms with Gasteiger partial charge in [-0.2, -0.15) is 18.3 Å². The molecular formula is C13H12F3N3O2. The lowest BCUT2D eigenvalue weighted by molar-refractivity contribution is -0.167. The number of carbonyl (C=O) groups is 2. The minimum Gasteiger partial charge on any atom is -0.318 e. The Kier molecular flexibility index (Phi) is 3.97. The molecule has 1 aliphatic rings. The Morgan fingerprint density at radius 1 is 1.33 bits per heavy atom. The van der Waals surface area contributed by atoms with E-state index >= 15 is 0 Å². The Balaban J connectivity index is 2.13. The zero-order chi connectivity index (χ0) is 15.6. The number of anilines is 1. The van der Waals surface area contributed by atoms with Crippen molar-refractivity contribution in [2.45, 2.75) is 19.5 Å². The highest BCUT2D eigenvalue weighted by atomic mass is 19.4. The number of halogens is 3. The number of nitrogens with one attached hydrogen (secondary N) is 2. The zero-order valence-electron chi connectivity index (χ0n) is 11.0. The van der Waals surface area contributed by atoms with E-state index in [2.05, 4.69) is 10.5 Å². The van der Waals surface area contributed by atoms with Crippen molar-refractivity contribution < 1.29 is 22.8 Å². The first-order valence-electron chi connectivity index (χ1n) is 6.12. The summed E-state index contributed by atoms with van der Waals surface area (Å²) in [5.41, 5.74) is 3.71. The van der Waals surface area contributed by atoms with Crippen molar-refractivity contribution in [1.29, 1.82) is 0 Å². The molecule has 2 amide bonds. The summed E-state index contributed by atoms with van der Waals surface area (Å²) in [5, 5.41) is 5.70. The molecule has 1 atom stereocenters. The topological polar surface area (TPSA) is 70.6 Å². The largest absolute Gasteiger partial charge is 0.471 e. The predicted molar refractivity (Wildman–Crippen MR) is 69.6 cm³/mol. The third-order valence-electron chi connectivity index (χ3n) is 2.96. The molecule has 1 aromatic carbocycles. The number of hydrogen-bond donors (Lipinski definition) is 2. The van der Waals surface area contributed by atoms with Gasteiger partial charge < -0.3 is 5.32 Å². The Morgan fingerprint density at radius 2 is 1.95 bits per heavy atom. The van der Waals surface area contributed by atoms with Crippen LogP contribution in [0.15, 0.2) is 29.4 Å². The second kappa shape index (κ2) is 5.55. The SMILES string of the molecule is CC1CC(=O)NN=C1c1ccc(NC(=O)C(F)(F)F)cc1. The normalized spacial score (nSPS) is 18.8. The maximum Gasteiger partial charge on any atom is 0.471 e. The van der Waals surface area contributed by atoms with Gasteiger partial charge in [0.25, 0.3) is 0 Å². The molecule has 1 heterocycles. The summed E-state index contributed by atoms with van der Waals surface area (Å²) in [6.07, 6.45) is -4.63. The number of benzene rings is 1. The van der Waals surface area contributed by atoms with Crippen LogP contribution in [0, 0.1) is 5.92 Å². The van der Waals surface area contributed by atoms with Gasteiger partial charge >= 0.3 is 12.1 Å². The third kappa shape index (κ3) is 3.59. The standard InChI is InChI=1S/C13H12F3N3O2/c1-7-6-10(20)18-19-11(7)8-2-4-9(5-3-8)17-12(21)13(14,15)16/h2-5,7H,6H2,1H3,(H,17,21)(H,18,20). The van der Waals surface area contributed by atoms with Crippen molar-refractivity contribution >= 4 is 23.2 Å². The van der Waals surface area contributed by atoms with Gasteiger partial charge in [-0.3, -0.25) is 9.59 Å². The molecule has 1 aliphatic heterocycles. The lowest BCUT2D eigenvalue weighted by Crippen LogP contribution is -2.32. The molecule has 21 heavy (non-hydrogen) atoms. The number of carbonyl (C=O) groups excluding carboxylic acids is 2. The molecule has 2 N–H and O–H groups in total. The molecule has 0 aliphatic carbocycles. The molecule has 0 aromatic heterocycles. The van der Waals surface area contributed by atoms with Crippen molar-refractivity contribution in [2.24, 2.45) is 11.0 Å². The van der Waals surface area contributed by atoms with E-state index in [0.29, 0.717) is 17.7 Å². The van der Waals surface area contributed by atoms with Crippen LogP contribution in [-0.4, -0.2) is 23.7 Å². The summed E-state index contributed by atoms with van der Waals surface area (Å²) in [7, 11) is 0. The quantitative estimate of drug-likeness (QED) is 0.877. The minimum atomic E-state index is -4.93. The molecule has 0 saturated carbocycles. The molecule has 0 bridgehead atoms. The minimum absolute atomic E-state index is 0.0363. The van der Waals surface area contributed by atoms with Gasteiger partial charge in [0.05, 0.1) is 5.71 Å². The lowest BCUT2D eigenvalue weighted by Gasteiger charge is -2.19. The maximum absolute atomic E-state index is 12.1. The van der Waals surface area contributed by atoms with Crippen molar-refractivity contribution in [3.8, 4) is 0 Å². The summed E-state index contributed by atoms with van der Waals surface area (Å²) in [4.78, 5) is 21.9. The average Bonchev–Trinajstić information content (AvgIpc) is 2.39. The van der Waals surface area contributed by atoms with Crippen LogP contribution in [0.3, 0.4) is 0 Å². The molecule has 5 nitrogen and oxygen atoms in total. The van der Waals surface area contributed by atoms with E-state index < -0.39 is 12.1 Å². The molecule has 8 heteroatoms. The van der Waals surface area contributed by atoms with E-state index in [0.717, 1.165) is 0 Å². The lowest BCUT2D eigenvalue weighted by atomic mass is 9.94. The van der Waals surface area contributed by atoms with Gasteiger partial charge in [0.1, 0.15) is 0 Å². The maximum atomic E-state index is 12.1. The Bertz CT molecular complexity index is 594. The number of hydrogen-bond acceptors (Lipinski definition) is 3. The molecule has 0 saturated heterocycles. The molecule has 1 unspecified atom stereocenters. The van der Waals surface area contributed by atoms with Crippen molar-refractivity contribution in [1.82, 2.24) is 5.43 Å². The van der Waals surface area contributed by atoms with Crippen LogP contribution < -0.4 is 10.7 Å². The fourth-order valence-electron chi connectivity index (χ4n) is 1.93. The molecule has 0 radical (unpaired) electrons. The Hall–Kier alpha value is -2.38. The highest BCUT2D eigenvalue weighted by Gasteiger charge is 2.38.